The third-order valence-corrected chi connectivity index (χ3v) is 6.53. The number of halogens is 2. The van der Waals surface area contributed by atoms with Gasteiger partial charge in [-0.2, -0.15) is 0 Å². The fourth-order valence-corrected chi connectivity index (χ4v) is 4.90. The van der Waals surface area contributed by atoms with Crippen molar-refractivity contribution in [1.82, 2.24) is 21.1 Å². The lowest BCUT2D eigenvalue weighted by Crippen LogP contribution is -2.53. The van der Waals surface area contributed by atoms with Crippen molar-refractivity contribution >= 4 is 23.4 Å². The zero-order chi connectivity index (χ0) is 20.6. The smallest absolute Gasteiger partial charge is 0.258 e. The molecule has 2 amide bonds. The lowest BCUT2D eigenvalue weighted by Gasteiger charge is -2.39. The number of nitrogens with zero attached hydrogens (tertiary/aromatic N) is 1. The summed E-state index contributed by atoms with van der Waals surface area (Å²) in [7, 11) is 1.99. The van der Waals surface area contributed by atoms with Crippen LogP contribution in [0.25, 0.3) is 0 Å². The zero-order valence-corrected chi connectivity index (χ0v) is 17.1. The molecule has 1 aromatic carbocycles. The standard InChI is InChI=1S/C20H26ClFN4O3/c1-26-5-4-13(25-26)10-23-19(28)15-9-20(7-12(15)8-20)24-18(27)11-29-14-2-3-16(21)17(22)6-14/h2-3,6,12-13,15,25H,4-5,7-11H2,1H3,(H,23,28)(H,24,27)/t12?,13?,15-,20?/m1/s1. The monoisotopic (exact) mass is 424 g/mol. The molecule has 3 aliphatic carbocycles. The molecule has 1 aromatic rings. The van der Waals surface area contributed by atoms with Crippen molar-refractivity contribution in [2.24, 2.45) is 11.8 Å². The van der Waals surface area contributed by atoms with Gasteiger partial charge in [0.05, 0.1) is 5.02 Å². The minimum atomic E-state index is -0.589. The van der Waals surface area contributed by atoms with Crippen molar-refractivity contribution in [1.29, 1.82) is 0 Å². The molecule has 4 fully saturated rings. The van der Waals surface area contributed by atoms with Gasteiger partial charge in [0.25, 0.3) is 5.91 Å². The molecular weight excluding hydrogens is 399 g/mol. The highest BCUT2D eigenvalue weighted by molar-refractivity contribution is 6.30. The highest BCUT2D eigenvalue weighted by Crippen LogP contribution is 2.55. The Morgan fingerprint density at radius 2 is 2.17 bits per heavy atom. The summed E-state index contributed by atoms with van der Waals surface area (Å²) in [4.78, 5) is 24.9. The van der Waals surface area contributed by atoms with E-state index in [9.17, 15) is 14.0 Å². The zero-order valence-electron chi connectivity index (χ0n) is 16.3. The van der Waals surface area contributed by atoms with E-state index in [0.717, 1.165) is 31.9 Å². The van der Waals surface area contributed by atoms with Crippen LogP contribution in [0.3, 0.4) is 0 Å². The van der Waals surface area contributed by atoms with Gasteiger partial charge in [-0.05, 0) is 43.7 Å². The number of fused-ring (bicyclic) bond motifs is 1. The maximum Gasteiger partial charge on any atom is 0.258 e. The Morgan fingerprint density at radius 1 is 1.38 bits per heavy atom. The number of nitrogens with one attached hydrogen (secondary N) is 3. The van der Waals surface area contributed by atoms with Crippen molar-refractivity contribution in [3.63, 3.8) is 0 Å². The first-order chi connectivity index (χ1) is 13.8. The van der Waals surface area contributed by atoms with Gasteiger partial charge in [-0.15, -0.1) is 0 Å². The predicted molar refractivity (Wildman–Crippen MR) is 106 cm³/mol. The predicted octanol–water partition coefficient (Wildman–Crippen LogP) is 1.47. The summed E-state index contributed by atoms with van der Waals surface area (Å²) in [5.74, 6) is -0.262. The maximum atomic E-state index is 13.4. The van der Waals surface area contributed by atoms with E-state index in [-0.39, 0.29) is 46.7 Å². The maximum absolute atomic E-state index is 13.4. The third-order valence-electron chi connectivity index (χ3n) is 6.23. The fourth-order valence-electron chi connectivity index (χ4n) is 4.78. The van der Waals surface area contributed by atoms with Gasteiger partial charge >= 0.3 is 0 Å². The first kappa shape index (κ1) is 20.4. The Labute approximate surface area is 174 Å². The van der Waals surface area contributed by atoms with E-state index in [1.54, 1.807) is 0 Å². The van der Waals surface area contributed by atoms with Crippen molar-refractivity contribution in [3.8, 4) is 5.75 Å². The SMILES string of the molecule is CN1CCC(CNC(=O)[C@@H]2CC3(NC(=O)COc4ccc(Cl)c(F)c4)CC2C3)N1. The summed E-state index contributed by atoms with van der Waals surface area (Å²) >= 11 is 5.64. The molecular formula is C20H26ClFN4O3. The number of hydrazine groups is 1. The molecule has 1 aliphatic heterocycles. The first-order valence-corrected chi connectivity index (χ1v) is 10.4. The van der Waals surface area contributed by atoms with Crippen LogP contribution in [0.5, 0.6) is 5.75 Å². The van der Waals surface area contributed by atoms with Crippen LogP contribution in [-0.4, -0.2) is 55.1 Å². The number of amides is 2. The van der Waals surface area contributed by atoms with E-state index in [0.29, 0.717) is 18.9 Å². The highest BCUT2D eigenvalue weighted by atomic mass is 35.5. The number of benzene rings is 1. The summed E-state index contributed by atoms with van der Waals surface area (Å²) in [5.41, 5.74) is 2.99. The Balaban J connectivity index is 1.22. The molecule has 29 heavy (non-hydrogen) atoms. The van der Waals surface area contributed by atoms with Crippen LogP contribution in [0, 0.1) is 17.7 Å². The Morgan fingerprint density at radius 3 is 2.86 bits per heavy atom. The average Bonchev–Trinajstić information content (AvgIpc) is 3.33. The lowest BCUT2D eigenvalue weighted by molar-refractivity contribution is -0.126. The minimum absolute atomic E-state index is 0.00667. The first-order valence-electron chi connectivity index (χ1n) is 9.97. The van der Waals surface area contributed by atoms with Crippen LogP contribution in [0.4, 0.5) is 4.39 Å². The van der Waals surface area contributed by atoms with Gasteiger partial charge in [-0.25, -0.2) is 9.40 Å². The molecule has 0 radical (unpaired) electrons. The Hall–Kier alpha value is -1.90. The molecule has 3 N–H and O–H groups in total. The molecule has 2 bridgehead atoms. The van der Waals surface area contributed by atoms with Gasteiger partial charge in [0.1, 0.15) is 11.6 Å². The highest BCUT2D eigenvalue weighted by Gasteiger charge is 2.58. The van der Waals surface area contributed by atoms with Crippen molar-refractivity contribution in [2.75, 3.05) is 26.7 Å². The normalized spacial score (nSPS) is 30.7. The number of hydrogen-bond donors (Lipinski definition) is 3. The van der Waals surface area contributed by atoms with Crippen LogP contribution in [-0.2, 0) is 9.59 Å². The number of carbonyl (C=O) groups is 2. The van der Waals surface area contributed by atoms with Gasteiger partial charge in [-0.3, -0.25) is 15.0 Å². The van der Waals surface area contributed by atoms with E-state index in [2.05, 4.69) is 16.1 Å². The molecule has 0 spiro atoms. The largest absolute Gasteiger partial charge is 0.484 e. The Kier molecular flexibility index (Phi) is 5.68. The van der Waals surface area contributed by atoms with E-state index < -0.39 is 5.82 Å². The molecule has 1 heterocycles. The second kappa shape index (κ2) is 8.08. The molecule has 2 atom stereocenters. The second-order valence-electron chi connectivity index (χ2n) is 8.45. The van der Waals surface area contributed by atoms with Crippen LogP contribution in [0.2, 0.25) is 5.02 Å². The summed E-state index contributed by atoms with van der Waals surface area (Å²) < 4.78 is 18.8. The summed E-state index contributed by atoms with van der Waals surface area (Å²) in [6, 6.07) is 4.34. The van der Waals surface area contributed by atoms with Crippen LogP contribution >= 0.6 is 11.6 Å². The number of rotatable bonds is 7. The van der Waals surface area contributed by atoms with Crippen LogP contribution < -0.4 is 20.8 Å². The molecule has 4 aliphatic rings. The van der Waals surface area contributed by atoms with E-state index in [1.165, 1.54) is 12.1 Å². The Bertz CT molecular complexity index is 802. The van der Waals surface area contributed by atoms with Gasteiger partial charge in [-0.1, -0.05) is 11.6 Å². The van der Waals surface area contributed by atoms with Crippen molar-refractivity contribution in [2.45, 2.75) is 37.3 Å². The summed E-state index contributed by atoms with van der Waals surface area (Å²) in [5, 5.41) is 8.12. The number of carbonyl (C=O) groups excluding carboxylic acids is 2. The fraction of sp³-hybridized carbons (Fsp3) is 0.600. The molecule has 0 aromatic heterocycles. The van der Waals surface area contributed by atoms with Crippen molar-refractivity contribution in [3.05, 3.63) is 29.0 Å². The van der Waals surface area contributed by atoms with E-state index in [1.807, 2.05) is 12.1 Å². The van der Waals surface area contributed by atoms with Gasteiger partial charge in [0.2, 0.25) is 5.91 Å². The molecule has 1 unspecified atom stereocenters. The summed E-state index contributed by atoms with van der Waals surface area (Å²) in [6.07, 6.45) is 3.30. The van der Waals surface area contributed by atoms with Crippen LogP contribution in [0.15, 0.2) is 18.2 Å². The summed E-state index contributed by atoms with van der Waals surface area (Å²) in [6.45, 7) is 1.40. The minimum Gasteiger partial charge on any atom is -0.484 e. The number of ether oxygens (including phenoxy) is 1. The quantitative estimate of drug-likeness (QED) is 0.617. The molecule has 158 valence electrons. The lowest BCUT2D eigenvalue weighted by atomic mass is 9.76. The van der Waals surface area contributed by atoms with E-state index in [4.69, 9.17) is 16.3 Å². The molecule has 3 saturated carbocycles. The van der Waals surface area contributed by atoms with E-state index >= 15 is 0 Å². The topological polar surface area (TPSA) is 82.7 Å². The van der Waals surface area contributed by atoms with Gasteiger partial charge in [0.15, 0.2) is 6.61 Å². The average molecular weight is 425 g/mol. The van der Waals surface area contributed by atoms with Gasteiger partial charge in [0, 0.05) is 43.7 Å². The molecule has 7 nitrogen and oxygen atoms in total. The van der Waals surface area contributed by atoms with Crippen molar-refractivity contribution < 1.29 is 18.7 Å². The van der Waals surface area contributed by atoms with Gasteiger partial charge < -0.3 is 15.4 Å². The molecule has 5 rings (SSSR count). The van der Waals surface area contributed by atoms with Crippen LogP contribution in [0.1, 0.15) is 25.7 Å². The number of hydrogen-bond acceptors (Lipinski definition) is 5. The molecule has 9 heteroatoms. The molecule has 1 saturated heterocycles. The second-order valence-corrected chi connectivity index (χ2v) is 8.86. The third kappa shape index (κ3) is 4.49.